The monoisotopic (exact) mass is 423 g/mol. The van der Waals surface area contributed by atoms with Gasteiger partial charge in [0.2, 0.25) is 0 Å². The molecule has 0 spiro atoms. The SMILES string of the molecule is c1ccc(COCCCC[C@H]2CCCCN2c2cncc(OC[C@@H]3CCCN3)c2)cc1. The van der Waals surface area contributed by atoms with Crippen LogP contribution < -0.4 is 15.0 Å². The van der Waals surface area contributed by atoms with Gasteiger partial charge in [0, 0.05) is 31.3 Å². The Morgan fingerprint density at radius 1 is 1.03 bits per heavy atom. The van der Waals surface area contributed by atoms with Crippen molar-refractivity contribution in [1.82, 2.24) is 10.3 Å². The van der Waals surface area contributed by atoms with Crippen LogP contribution in [0.1, 0.15) is 56.9 Å². The lowest BCUT2D eigenvalue weighted by Crippen LogP contribution is -2.39. The van der Waals surface area contributed by atoms with Gasteiger partial charge < -0.3 is 19.7 Å². The Balaban J connectivity index is 1.22. The van der Waals surface area contributed by atoms with Crippen molar-refractivity contribution >= 4 is 5.69 Å². The number of pyridine rings is 1. The van der Waals surface area contributed by atoms with Crippen molar-refractivity contribution in [2.75, 3.05) is 31.2 Å². The molecule has 2 aliphatic heterocycles. The molecule has 5 heteroatoms. The maximum atomic E-state index is 6.05. The minimum atomic E-state index is 0.482. The van der Waals surface area contributed by atoms with E-state index in [0.29, 0.717) is 18.7 Å². The lowest BCUT2D eigenvalue weighted by atomic mass is 9.96. The minimum absolute atomic E-state index is 0.482. The molecule has 31 heavy (non-hydrogen) atoms. The summed E-state index contributed by atoms with van der Waals surface area (Å²) < 4.78 is 11.9. The zero-order valence-corrected chi connectivity index (χ0v) is 18.7. The average Bonchev–Trinajstić information content (AvgIpc) is 3.35. The predicted molar refractivity (Wildman–Crippen MR) is 126 cm³/mol. The third-order valence-electron chi connectivity index (χ3n) is 6.46. The predicted octanol–water partition coefficient (Wildman–Crippen LogP) is 4.96. The van der Waals surface area contributed by atoms with Crippen LogP contribution >= 0.6 is 0 Å². The molecule has 2 atom stereocenters. The van der Waals surface area contributed by atoms with E-state index >= 15 is 0 Å². The molecule has 0 bridgehead atoms. The second-order valence-electron chi connectivity index (χ2n) is 8.86. The number of anilines is 1. The molecule has 168 valence electrons. The summed E-state index contributed by atoms with van der Waals surface area (Å²) in [6.45, 7) is 4.51. The van der Waals surface area contributed by atoms with Gasteiger partial charge >= 0.3 is 0 Å². The first-order chi connectivity index (χ1) is 15.4. The van der Waals surface area contributed by atoms with Crippen LogP contribution in [0, 0.1) is 0 Å². The van der Waals surface area contributed by atoms with E-state index in [1.807, 2.05) is 18.5 Å². The normalized spacial score (nSPS) is 21.4. The zero-order chi connectivity index (χ0) is 21.1. The summed E-state index contributed by atoms with van der Waals surface area (Å²) in [5.41, 5.74) is 2.46. The Kier molecular flexibility index (Phi) is 8.60. The van der Waals surface area contributed by atoms with Crippen molar-refractivity contribution in [3.63, 3.8) is 0 Å². The van der Waals surface area contributed by atoms with Crippen LogP contribution in [-0.2, 0) is 11.3 Å². The molecule has 2 aliphatic rings. The van der Waals surface area contributed by atoms with E-state index in [0.717, 1.165) is 38.5 Å². The molecule has 0 amide bonds. The van der Waals surface area contributed by atoms with Crippen LogP contribution in [0.2, 0.25) is 0 Å². The van der Waals surface area contributed by atoms with Gasteiger partial charge in [0.1, 0.15) is 12.4 Å². The van der Waals surface area contributed by atoms with Gasteiger partial charge in [-0.05, 0) is 63.5 Å². The van der Waals surface area contributed by atoms with Crippen molar-refractivity contribution in [3.8, 4) is 5.75 Å². The molecular formula is C26H37N3O2. The van der Waals surface area contributed by atoms with Crippen LogP contribution in [0.3, 0.4) is 0 Å². The lowest BCUT2D eigenvalue weighted by Gasteiger charge is -2.37. The second-order valence-corrected chi connectivity index (χ2v) is 8.86. The van der Waals surface area contributed by atoms with Crippen molar-refractivity contribution < 1.29 is 9.47 Å². The Labute approximate surface area is 187 Å². The molecule has 2 fully saturated rings. The molecule has 0 saturated carbocycles. The Morgan fingerprint density at radius 3 is 2.84 bits per heavy atom. The summed E-state index contributed by atoms with van der Waals surface area (Å²) in [6.07, 6.45) is 13.7. The molecule has 0 unspecified atom stereocenters. The van der Waals surface area contributed by atoms with E-state index in [4.69, 9.17) is 9.47 Å². The number of hydrogen-bond donors (Lipinski definition) is 1. The fourth-order valence-electron chi connectivity index (χ4n) is 4.73. The number of nitrogens with zero attached hydrogens (tertiary/aromatic N) is 2. The number of rotatable bonds is 11. The first kappa shape index (κ1) is 22.1. The number of ether oxygens (including phenoxy) is 2. The van der Waals surface area contributed by atoms with Gasteiger partial charge in [-0.2, -0.15) is 0 Å². The number of nitrogens with one attached hydrogen (secondary N) is 1. The summed E-state index contributed by atoms with van der Waals surface area (Å²) in [5.74, 6) is 0.893. The lowest BCUT2D eigenvalue weighted by molar-refractivity contribution is 0.116. The minimum Gasteiger partial charge on any atom is -0.490 e. The van der Waals surface area contributed by atoms with E-state index in [2.05, 4.69) is 45.5 Å². The van der Waals surface area contributed by atoms with Gasteiger partial charge in [-0.15, -0.1) is 0 Å². The number of aromatic nitrogens is 1. The van der Waals surface area contributed by atoms with Gasteiger partial charge in [0.25, 0.3) is 0 Å². The molecule has 3 heterocycles. The summed E-state index contributed by atoms with van der Waals surface area (Å²) in [7, 11) is 0. The van der Waals surface area contributed by atoms with Crippen molar-refractivity contribution in [3.05, 3.63) is 54.4 Å². The largest absolute Gasteiger partial charge is 0.490 e. The third kappa shape index (κ3) is 6.94. The number of unbranched alkanes of at least 4 members (excludes halogenated alkanes) is 1. The maximum Gasteiger partial charge on any atom is 0.139 e. The molecule has 2 aromatic rings. The van der Waals surface area contributed by atoms with E-state index in [9.17, 15) is 0 Å². The average molecular weight is 424 g/mol. The van der Waals surface area contributed by atoms with Crippen molar-refractivity contribution in [1.29, 1.82) is 0 Å². The molecule has 0 radical (unpaired) electrons. The Bertz CT molecular complexity index is 764. The highest BCUT2D eigenvalue weighted by molar-refractivity contribution is 5.49. The van der Waals surface area contributed by atoms with Crippen LogP contribution in [0.5, 0.6) is 5.75 Å². The second kappa shape index (κ2) is 12.1. The summed E-state index contributed by atoms with van der Waals surface area (Å²) in [6, 6.07) is 13.7. The first-order valence-electron chi connectivity index (χ1n) is 12.1. The van der Waals surface area contributed by atoms with Crippen LogP contribution in [0.15, 0.2) is 48.8 Å². The number of piperidine rings is 1. The molecule has 5 nitrogen and oxygen atoms in total. The van der Waals surface area contributed by atoms with Crippen LogP contribution in [0.4, 0.5) is 5.69 Å². The highest BCUT2D eigenvalue weighted by Crippen LogP contribution is 2.29. The fourth-order valence-corrected chi connectivity index (χ4v) is 4.73. The van der Waals surface area contributed by atoms with Gasteiger partial charge in [0.15, 0.2) is 0 Å². The smallest absolute Gasteiger partial charge is 0.139 e. The van der Waals surface area contributed by atoms with Crippen LogP contribution in [-0.4, -0.2) is 43.4 Å². The molecular weight excluding hydrogens is 386 g/mol. The van der Waals surface area contributed by atoms with Gasteiger partial charge in [-0.25, -0.2) is 0 Å². The maximum absolute atomic E-state index is 6.05. The van der Waals surface area contributed by atoms with Gasteiger partial charge in [-0.1, -0.05) is 30.3 Å². The molecule has 2 saturated heterocycles. The fraction of sp³-hybridized carbons (Fsp3) is 0.577. The first-order valence-corrected chi connectivity index (χ1v) is 12.1. The highest BCUT2D eigenvalue weighted by atomic mass is 16.5. The van der Waals surface area contributed by atoms with Crippen molar-refractivity contribution in [2.45, 2.75) is 70.1 Å². The molecule has 0 aliphatic carbocycles. The summed E-state index contributed by atoms with van der Waals surface area (Å²) >= 11 is 0. The Hall–Kier alpha value is -2.11. The van der Waals surface area contributed by atoms with Gasteiger partial charge in [-0.3, -0.25) is 4.98 Å². The van der Waals surface area contributed by atoms with Gasteiger partial charge in [0.05, 0.1) is 24.7 Å². The molecule has 1 N–H and O–H groups in total. The molecule has 1 aromatic heterocycles. The molecule has 1 aromatic carbocycles. The van der Waals surface area contributed by atoms with E-state index in [1.165, 1.54) is 56.2 Å². The summed E-state index contributed by atoms with van der Waals surface area (Å²) in [5, 5.41) is 3.49. The van der Waals surface area contributed by atoms with E-state index in [1.54, 1.807) is 0 Å². The third-order valence-corrected chi connectivity index (χ3v) is 6.46. The Morgan fingerprint density at radius 2 is 1.97 bits per heavy atom. The number of benzene rings is 1. The molecule has 4 rings (SSSR count). The summed E-state index contributed by atoms with van der Waals surface area (Å²) in [4.78, 5) is 7.04. The van der Waals surface area contributed by atoms with E-state index < -0.39 is 0 Å². The van der Waals surface area contributed by atoms with E-state index in [-0.39, 0.29) is 0 Å². The number of hydrogen-bond acceptors (Lipinski definition) is 5. The standard InChI is InChI=1S/C26H37N3O2/c1-2-9-22(10-3-1)20-30-16-7-5-13-24-12-4-6-15-29(24)25-17-26(19-27-18-25)31-21-23-11-8-14-28-23/h1-3,9-10,17-19,23-24,28H,4-8,11-16,20-21H2/t23-,24+/m0/s1. The zero-order valence-electron chi connectivity index (χ0n) is 18.7. The highest BCUT2D eigenvalue weighted by Gasteiger charge is 2.23. The van der Waals surface area contributed by atoms with Crippen LogP contribution in [0.25, 0.3) is 0 Å². The quantitative estimate of drug-likeness (QED) is 0.518. The van der Waals surface area contributed by atoms with Crippen molar-refractivity contribution in [2.24, 2.45) is 0 Å². The topological polar surface area (TPSA) is 46.6 Å².